The zero-order chi connectivity index (χ0) is 19.9. The van der Waals surface area contributed by atoms with Crippen LogP contribution in [0.15, 0.2) is 0 Å². The smallest absolute Gasteiger partial charge is 0.379 e. The van der Waals surface area contributed by atoms with Crippen LogP contribution in [0.2, 0.25) is 0 Å². The first-order valence-electron chi connectivity index (χ1n) is 8.99. The van der Waals surface area contributed by atoms with Crippen molar-refractivity contribution in [3.63, 3.8) is 0 Å². The number of hydrogen-bond donors (Lipinski definition) is 1. The first-order chi connectivity index (χ1) is 12.2. The maximum absolute atomic E-state index is 12.1. The van der Waals surface area contributed by atoms with Crippen LogP contribution < -0.4 is 0 Å². The van der Waals surface area contributed by atoms with Crippen LogP contribution in [0.1, 0.15) is 58.3 Å². The van der Waals surface area contributed by atoms with E-state index >= 15 is 0 Å². The normalized spacial score (nSPS) is 15.8. The molecule has 0 aromatic rings. The monoisotopic (exact) mass is 408 g/mol. The molecule has 2 atom stereocenters. The van der Waals surface area contributed by atoms with Crippen molar-refractivity contribution in [2.45, 2.75) is 70.6 Å². The molecule has 0 rings (SSSR count). The quantitative estimate of drug-likeness (QED) is 0.274. The lowest BCUT2D eigenvalue weighted by molar-refractivity contribution is -0.180. The molecule has 1 N–H and O–H groups in total. The van der Waals surface area contributed by atoms with Crippen molar-refractivity contribution in [2.24, 2.45) is 0 Å². The average Bonchev–Trinajstić information content (AvgIpc) is 2.55. The summed E-state index contributed by atoms with van der Waals surface area (Å²) in [7, 11) is -3.36. The number of hydrogen-bond acceptors (Lipinski definition) is 5. The Labute approximate surface area is 154 Å². The molecule has 0 aliphatic rings. The van der Waals surface area contributed by atoms with E-state index in [-0.39, 0.29) is 6.61 Å². The summed E-state index contributed by atoms with van der Waals surface area (Å²) < 4.78 is 66.6. The summed E-state index contributed by atoms with van der Waals surface area (Å²) in [6, 6.07) is 0. The van der Waals surface area contributed by atoms with Gasteiger partial charge < -0.3 is 14.4 Å². The van der Waals surface area contributed by atoms with E-state index < -0.39 is 33.3 Å². The van der Waals surface area contributed by atoms with Crippen molar-refractivity contribution in [2.75, 3.05) is 33.5 Å². The molecular formula is C16H32F3O6P. The summed E-state index contributed by atoms with van der Waals surface area (Å²) in [5.74, 6) is 0. The topological polar surface area (TPSA) is 74.2 Å². The fourth-order valence-corrected chi connectivity index (χ4v) is 2.78. The highest BCUT2D eigenvalue weighted by Crippen LogP contribution is 2.43. The molecule has 6 nitrogen and oxygen atoms in total. The van der Waals surface area contributed by atoms with Crippen LogP contribution in [0, 0.1) is 0 Å². The fraction of sp³-hybridized carbons (Fsp3) is 1.00. The Kier molecular flexibility index (Phi) is 14.7. The number of phosphoric ester groups is 1. The maximum atomic E-state index is 12.1. The van der Waals surface area contributed by atoms with E-state index in [1.807, 2.05) is 0 Å². The van der Waals surface area contributed by atoms with E-state index in [9.17, 15) is 22.6 Å². The highest BCUT2D eigenvalue weighted by Gasteiger charge is 2.30. The fourth-order valence-electron chi connectivity index (χ4n) is 2.20. The molecule has 0 amide bonds. The zero-order valence-corrected chi connectivity index (χ0v) is 16.5. The number of alkyl halides is 3. The standard InChI is InChI=1S/C16H32F3O6P/c1-3-4-5-6-7-8-9-10-11-23-12-15(25-26(20,21)22-2)13-24-14-16(17,18)19/h15H,3-14H2,1-2H3,(H,20,21). The second-order valence-corrected chi connectivity index (χ2v) is 7.57. The van der Waals surface area contributed by atoms with Crippen LogP contribution in [0.4, 0.5) is 13.2 Å². The van der Waals surface area contributed by atoms with Crippen LogP contribution in [-0.4, -0.2) is 50.7 Å². The van der Waals surface area contributed by atoms with Gasteiger partial charge in [0.25, 0.3) is 0 Å². The number of halogens is 3. The van der Waals surface area contributed by atoms with E-state index in [0.29, 0.717) is 6.61 Å². The molecule has 26 heavy (non-hydrogen) atoms. The Bertz CT molecular complexity index is 381. The van der Waals surface area contributed by atoms with E-state index in [4.69, 9.17) is 9.26 Å². The van der Waals surface area contributed by atoms with Crippen molar-refractivity contribution in [1.29, 1.82) is 0 Å². The number of ether oxygens (including phenoxy) is 2. The molecule has 0 heterocycles. The van der Waals surface area contributed by atoms with Gasteiger partial charge in [0.05, 0.1) is 13.2 Å². The molecule has 0 aliphatic carbocycles. The van der Waals surface area contributed by atoms with Gasteiger partial charge in [-0.05, 0) is 6.42 Å². The number of phosphoric acid groups is 1. The molecule has 2 unspecified atom stereocenters. The molecule has 158 valence electrons. The van der Waals surface area contributed by atoms with Crippen molar-refractivity contribution in [3.05, 3.63) is 0 Å². The van der Waals surface area contributed by atoms with Gasteiger partial charge in [-0.1, -0.05) is 51.9 Å². The minimum atomic E-state index is -4.48. The minimum absolute atomic E-state index is 0.151. The third kappa shape index (κ3) is 17.2. The van der Waals surface area contributed by atoms with Gasteiger partial charge in [-0.2, -0.15) is 13.2 Å². The average molecular weight is 408 g/mol. The van der Waals surface area contributed by atoms with Gasteiger partial charge in [0.15, 0.2) is 0 Å². The Hall–Kier alpha value is -0.180. The van der Waals surface area contributed by atoms with Crippen LogP contribution in [0.25, 0.3) is 0 Å². The van der Waals surface area contributed by atoms with Gasteiger partial charge in [0.1, 0.15) is 12.7 Å². The molecule has 0 radical (unpaired) electrons. The lowest BCUT2D eigenvalue weighted by atomic mass is 10.1. The number of rotatable bonds is 17. The summed E-state index contributed by atoms with van der Waals surface area (Å²) >= 11 is 0. The summed E-state index contributed by atoms with van der Waals surface area (Å²) in [5, 5.41) is 0. The van der Waals surface area contributed by atoms with Crippen molar-refractivity contribution < 1.29 is 41.2 Å². The predicted octanol–water partition coefficient (Wildman–Crippen LogP) is 4.85. The van der Waals surface area contributed by atoms with Gasteiger partial charge in [0, 0.05) is 13.7 Å². The molecule has 0 aromatic heterocycles. The number of unbranched alkanes of at least 4 members (excludes halogenated alkanes) is 7. The summed E-state index contributed by atoms with van der Waals surface area (Å²) in [6.45, 7) is 0.433. The molecule has 0 saturated carbocycles. The maximum Gasteiger partial charge on any atom is 0.472 e. The van der Waals surface area contributed by atoms with Crippen molar-refractivity contribution in [1.82, 2.24) is 0 Å². The van der Waals surface area contributed by atoms with Crippen LogP contribution >= 0.6 is 7.82 Å². The summed E-state index contributed by atoms with van der Waals surface area (Å²) in [6.07, 6.45) is 3.45. The minimum Gasteiger partial charge on any atom is -0.379 e. The Morgan fingerprint density at radius 1 is 0.962 bits per heavy atom. The summed E-state index contributed by atoms with van der Waals surface area (Å²) in [5.41, 5.74) is 0. The Morgan fingerprint density at radius 2 is 1.50 bits per heavy atom. The van der Waals surface area contributed by atoms with Crippen LogP contribution in [0.5, 0.6) is 0 Å². The van der Waals surface area contributed by atoms with E-state index in [1.54, 1.807) is 0 Å². The van der Waals surface area contributed by atoms with E-state index in [1.165, 1.54) is 32.1 Å². The lowest BCUT2D eigenvalue weighted by Gasteiger charge is -2.20. The third-order valence-electron chi connectivity index (χ3n) is 3.53. The predicted molar refractivity (Wildman–Crippen MR) is 92.0 cm³/mol. The van der Waals surface area contributed by atoms with Gasteiger partial charge in [-0.25, -0.2) is 4.57 Å². The molecule has 0 fully saturated rings. The molecule has 0 spiro atoms. The van der Waals surface area contributed by atoms with E-state index in [0.717, 1.165) is 26.4 Å². The zero-order valence-electron chi connectivity index (χ0n) is 15.6. The van der Waals surface area contributed by atoms with Crippen molar-refractivity contribution >= 4 is 7.82 Å². The third-order valence-corrected chi connectivity index (χ3v) is 4.55. The molecular weight excluding hydrogens is 376 g/mol. The SMILES string of the molecule is CCCCCCCCCCOCC(COCC(F)(F)F)OP(=O)(O)OC. The summed E-state index contributed by atoms with van der Waals surface area (Å²) in [4.78, 5) is 9.29. The Morgan fingerprint density at radius 3 is 2.04 bits per heavy atom. The Balaban J connectivity index is 3.94. The second-order valence-electron chi connectivity index (χ2n) is 6.06. The van der Waals surface area contributed by atoms with Crippen LogP contribution in [0.3, 0.4) is 0 Å². The first kappa shape index (κ1) is 25.8. The van der Waals surface area contributed by atoms with E-state index in [2.05, 4.69) is 16.2 Å². The van der Waals surface area contributed by atoms with Gasteiger partial charge in [-0.3, -0.25) is 9.05 Å². The highest BCUT2D eigenvalue weighted by atomic mass is 31.2. The highest BCUT2D eigenvalue weighted by molar-refractivity contribution is 7.47. The first-order valence-corrected chi connectivity index (χ1v) is 10.5. The van der Waals surface area contributed by atoms with Gasteiger partial charge in [-0.15, -0.1) is 0 Å². The molecule has 0 bridgehead atoms. The van der Waals surface area contributed by atoms with Crippen LogP contribution in [-0.2, 0) is 23.1 Å². The lowest BCUT2D eigenvalue weighted by Crippen LogP contribution is -2.28. The molecule has 0 saturated heterocycles. The van der Waals surface area contributed by atoms with Crippen molar-refractivity contribution in [3.8, 4) is 0 Å². The second kappa shape index (κ2) is 14.8. The molecule has 0 aromatic carbocycles. The van der Waals surface area contributed by atoms with Gasteiger partial charge in [0.2, 0.25) is 0 Å². The van der Waals surface area contributed by atoms with Gasteiger partial charge >= 0.3 is 14.0 Å². The molecule has 10 heteroatoms. The molecule has 0 aliphatic heterocycles. The largest absolute Gasteiger partial charge is 0.472 e.